The topological polar surface area (TPSA) is 47.9 Å². The first-order valence-electron chi connectivity index (χ1n) is 10.7. The molecule has 0 saturated carbocycles. The predicted molar refractivity (Wildman–Crippen MR) is 134 cm³/mol. The summed E-state index contributed by atoms with van der Waals surface area (Å²) in [6.07, 6.45) is 14.0. The third kappa shape index (κ3) is 5.85. The fourth-order valence-corrected chi connectivity index (χ4v) is 5.33. The van der Waals surface area contributed by atoms with Crippen LogP contribution in [0.3, 0.4) is 0 Å². The van der Waals surface area contributed by atoms with Crippen LogP contribution in [0, 0.1) is 0 Å². The van der Waals surface area contributed by atoms with Gasteiger partial charge in [0.05, 0.1) is 22.2 Å². The van der Waals surface area contributed by atoms with E-state index >= 15 is 0 Å². The van der Waals surface area contributed by atoms with Crippen molar-refractivity contribution in [2.45, 2.75) is 46.4 Å². The number of allylic oxidation sites excluding steroid dienone is 8. The smallest absolute Gasteiger partial charge is 0.252 e. The number of rotatable bonds is 5. The molecule has 3 rings (SSSR count). The molecule has 0 bridgehead atoms. The molecule has 1 N–H and O–H groups in total. The van der Waals surface area contributed by atoms with Gasteiger partial charge in [0.2, 0.25) is 0 Å². The van der Waals surface area contributed by atoms with Crippen molar-refractivity contribution < 1.29 is 4.79 Å². The number of carbonyl (C=O) groups excluding carboxylic acids is 1. The van der Waals surface area contributed by atoms with Crippen LogP contribution in [-0.2, 0) is 4.79 Å². The first kappa shape index (κ1) is 23.7. The largest absolute Gasteiger partial charge is 0.368 e. The van der Waals surface area contributed by atoms with Gasteiger partial charge < -0.3 is 15.1 Å². The lowest BCUT2D eigenvalue weighted by Gasteiger charge is -2.39. The first-order chi connectivity index (χ1) is 14.8. The van der Waals surface area contributed by atoms with Gasteiger partial charge in [0.1, 0.15) is 0 Å². The Labute approximate surface area is 192 Å². The number of halogens is 1. The van der Waals surface area contributed by atoms with Crippen molar-refractivity contribution in [1.29, 1.82) is 0 Å². The van der Waals surface area contributed by atoms with E-state index in [1.165, 1.54) is 0 Å². The quantitative estimate of drug-likeness (QED) is 0.363. The van der Waals surface area contributed by atoms with Gasteiger partial charge in [0.25, 0.3) is 5.91 Å². The fourth-order valence-electron chi connectivity index (χ4n) is 3.73. The third-order valence-electron chi connectivity index (χ3n) is 5.59. The van der Waals surface area contributed by atoms with Crippen LogP contribution in [0.25, 0.3) is 0 Å². The highest BCUT2D eigenvalue weighted by Gasteiger charge is 2.30. The van der Waals surface area contributed by atoms with Crippen molar-refractivity contribution in [3.05, 3.63) is 70.0 Å². The Bertz CT molecular complexity index is 941. The van der Waals surface area contributed by atoms with Gasteiger partial charge in [0.15, 0.2) is 0 Å². The molecule has 3 atom stereocenters. The number of hydrogen-bond donors (Lipinski definition) is 1. The van der Waals surface area contributed by atoms with Crippen LogP contribution in [-0.4, -0.2) is 52.9 Å². The molecule has 0 aromatic carbocycles. The molecule has 31 heavy (non-hydrogen) atoms. The van der Waals surface area contributed by atoms with Gasteiger partial charge >= 0.3 is 0 Å². The lowest BCUT2D eigenvalue weighted by atomic mass is 10.1. The van der Waals surface area contributed by atoms with Gasteiger partial charge in [0, 0.05) is 43.6 Å². The van der Waals surface area contributed by atoms with Gasteiger partial charge in [-0.05, 0) is 57.7 Å². The van der Waals surface area contributed by atoms with E-state index in [9.17, 15) is 4.79 Å². The number of aliphatic imine (C=N–C) groups is 1. The number of nitrogens with one attached hydrogen (secondary N) is 1. The van der Waals surface area contributed by atoms with E-state index in [0.29, 0.717) is 19.7 Å². The first-order valence-corrected chi connectivity index (χ1v) is 12.2. The van der Waals surface area contributed by atoms with Gasteiger partial charge in [-0.25, -0.2) is 0 Å². The number of piperazine rings is 1. The molecule has 0 radical (unpaired) electrons. The summed E-state index contributed by atoms with van der Waals surface area (Å²) >= 11 is 6.52. The van der Waals surface area contributed by atoms with Crippen LogP contribution in [0.15, 0.2) is 75.0 Å². The minimum atomic E-state index is 0.0165. The minimum Gasteiger partial charge on any atom is -0.368 e. The van der Waals surface area contributed by atoms with Crippen molar-refractivity contribution in [3.63, 3.8) is 0 Å². The van der Waals surface area contributed by atoms with Crippen molar-refractivity contribution in [3.8, 4) is 0 Å². The Morgan fingerprint density at radius 3 is 2.77 bits per heavy atom. The van der Waals surface area contributed by atoms with E-state index in [2.05, 4.69) is 34.3 Å². The number of hydrogen-bond acceptors (Lipinski definition) is 4. The molecule has 3 heterocycles. The van der Waals surface area contributed by atoms with Gasteiger partial charge in [-0.15, -0.1) is 0 Å². The molecule has 1 saturated heterocycles. The molecule has 1 fully saturated rings. The normalized spacial score (nSPS) is 26.8. The maximum atomic E-state index is 13.0. The van der Waals surface area contributed by atoms with Gasteiger partial charge in [-0.1, -0.05) is 38.4 Å². The molecule has 0 aliphatic carbocycles. The van der Waals surface area contributed by atoms with Crippen LogP contribution in [0.1, 0.15) is 34.6 Å². The number of fused-ring (bicyclic) bond motifs is 1. The maximum Gasteiger partial charge on any atom is 0.252 e. The van der Waals surface area contributed by atoms with Gasteiger partial charge in [-0.3, -0.25) is 9.79 Å². The van der Waals surface area contributed by atoms with Crippen LogP contribution in [0.4, 0.5) is 0 Å². The molecule has 2 unspecified atom stereocenters. The van der Waals surface area contributed by atoms with E-state index < -0.39 is 0 Å². The molecule has 0 aromatic rings. The van der Waals surface area contributed by atoms with Crippen molar-refractivity contribution in [2.24, 2.45) is 4.99 Å². The van der Waals surface area contributed by atoms with Crippen molar-refractivity contribution in [2.75, 3.05) is 19.6 Å². The highest BCUT2D eigenvalue weighted by Crippen LogP contribution is 2.43. The standard InChI is InChI=1S/C24H32ClN4OP/c1-6-16(3)27-18(5)21(25)12-19(7-2)22-13-23(30)29-15-20(8-9-24(29)31-22)28-11-10-26-17(4)14-28/h6-9,12-13,15,17,24,26,31H,10-11,14H2,1-5H3/b16-6-,19-7+,21-12+,27-18-/t17-,24?/m0/s1. The van der Waals surface area contributed by atoms with Crippen LogP contribution >= 0.6 is 20.2 Å². The molecular weight excluding hydrogens is 427 g/mol. The molecule has 0 aromatic heterocycles. The number of nitrogens with zero attached hydrogens (tertiary/aromatic N) is 3. The summed E-state index contributed by atoms with van der Waals surface area (Å²) in [5.41, 5.74) is 3.77. The maximum absolute atomic E-state index is 13.0. The van der Waals surface area contributed by atoms with E-state index in [0.717, 1.165) is 47.6 Å². The Hall–Kier alpha value is -1.94. The monoisotopic (exact) mass is 458 g/mol. The van der Waals surface area contributed by atoms with E-state index in [1.54, 1.807) is 6.08 Å². The average Bonchev–Trinajstić information content (AvgIpc) is 2.76. The zero-order valence-electron chi connectivity index (χ0n) is 18.9. The summed E-state index contributed by atoms with van der Waals surface area (Å²) in [4.78, 5) is 21.7. The summed E-state index contributed by atoms with van der Waals surface area (Å²) in [6, 6.07) is 0.448. The predicted octanol–water partition coefficient (Wildman–Crippen LogP) is 4.88. The summed E-state index contributed by atoms with van der Waals surface area (Å²) in [5.74, 6) is 0.0709. The molecule has 166 valence electrons. The second-order valence-corrected chi connectivity index (χ2v) is 9.80. The number of carbonyl (C=O) groups is 1. The fraction of sp³-hybridized carbons (Fsp3) is 0.417. The molecular formula is C24H32ClN4OP. The van der Waals surface area contributed by atoms with Crippen LogP contribution in [0.5, 0.6) is 0 Å². The molecule has 7 heteroatoms. The summed E-state index contributed by atoms with van der Waals surface area (Å²) in [7, 11) is 0.460. The zero-order valence-corrected chi connectivity index (χ0v) is 20.7. The average molecular weight is 459 g/mol. The molecule has 5 nitrogen and oxygen atoms in total. The van der Waals surface area contributed by atoms with Crippen LogP contribution in [0.2, 0.25) is 0 Å². The van der Waals surface area contributed by atoms with Gasteiger partial charge in [-0.2, -0.15) is 0 Å². The zero-order chi connectivity index (χ0) is 22.5. The lowest BCUT2D eigenvalue weighted by molar-refractivity contribution is -0.124. The Balaban J connectivity index is 1.79. The third-order valence-corrected chi connectivity index (χ3v) is 7.48. The highest BCUT2D eigenvalue weighted by molar-refractivity contribution is 7.44. The Kier molecular flexibility index (Phi) is 8.10. The van der Waals surface area contributed by atoms with Crippen molar-refractivity contribution >= 4 is 31.8 Å². The second kappa shape index (κ2) is 10.6. The molecule has 3 aliphatic heterocycles. The Morgan fingerprint density at radius 2 is 2.10 bits per heavy atom. The molecule has 0 spiro atoms. The highest BCUT2D eigenvalue weighted by atomic mass is 35.5. The van der Waals surface area contributed by atoms with Crippen molar-refractivity contribution in [1.82, 2.24) is 15.1 Å². The summed E-state index contributed by atoms with van der Waals surface area (Å²) in [5, 5.41) is 5.08. The van der Waals surface area contributed by atoms with E-state index in [4.69, 9.17) is 11.6 Å². The summed E-state index contributed by atoms with van der Waals surface area (Å²) in [6.45, 7) is 12.8. The summed E-state index contributed by atoms with van der Waals surface area (Å²) < 4.78 is 0. The lowest BCUT2D eigenvalue weighted by Crippen LogP contribution is -2.49. The van der Waals surface area contributed by atoms with E-state index in [1.807, 2.05) is 57.0 Å². The molecule has 3 aliphatic rings. The Morgan fingerprint density at radius 1 is 1.32 bits per heavy atom. The SMILES string of the molecule is C\C=C(C)/N=C(C)\C(Cl)=C/C(=C\C)C1=CC(=O)N2C=C(N3CCN[C@@H](C)C3)C=CC2P1. The minimum absolute atomic E-state index is 0.0165. The van der Waals surface area contributed by atoms with E-state index in [-0.39, 0.29) is 11.7 Å². The van der Waals surface area contributed by atoms with Crippen LogP contribution < -0.4 is 5.32 Å². The number of amides is 1. The molecule has 1 amide bonds. The second-order valence-electron chi connectivity index (χ2n) is 7.97.